The summed E-state index contributed by atoms with van der Waals surface area (Å²) in [6.45, 7) is 6.89. The summed E-state index contributed by atoms with van der Waals surface area (Å²) in [4.78, 5) is 30.5. The van der Waals surface area contributed by atoms with Crippen molar-refractivity contribution in [1.82, 2.24) is 20.4 Å². The molecule has 2 heterocycles. The van der Waals surface area contributed by atoms with Crippen molar-refractivity contribution in [2.24, 2.45) is 5.41 Å². The quantitative estimate of drug-likeness (QED) is 0.793. The molecule has 0 radical (unpaired) electrons. The van der Waals surface area contributed by atoms with Crippen LogP contribution in [0, 0.1) is 5.41 Å². The second kappa shape index (κ2) is 8.54. The van der Waals surface area contributed by atoms with E-state index in [4.69, 9.17) is 4.52 Å². The van der Waals surface area contributed by atoms with Gasteiger partial charge in [0.2, 0.25) is 17.7 Å². The smallest absolute Gasteiger partial charge is 0.249 e. The summed E-state index contributed by atoms with van der Waals surface area (Å²) in [6.07, 6.45) is 2.38. The van der Waals surface area contributed by atoms with Crippen LogP contribution in [0.1, 0.15) is 63.4 Å². The van der Waals surface area contributed by atoms with E-state index in [-0.39, 0.29) is 29.8 Å². The first-order chi connectivity index (χ1) is 13.3. The molecule has 2 amide bonds. The molecule has 1 aliphatic rings. The summed E-state index contributed by atoms with van der Waals surface area (Å²) < 4.78 is 5.41. The molecule has 2 aromatic rings. The number of likely N-dealkylation sites (tertiary alicyclic amines) is 1. The highest BCUT2D eigenvalue weighted by Gasteiger charge is 2.35. The highest BCUT2D eigenvalue weighted by molar-refractivity contribution is 5.79. The molecule has 150 valence electrons. The fourth-order valence-electron chi connectivity index (χ4n) is 3.36. The van der Waals surface area contributed by atoms with Gasteiger partial charge in [-0.05, 0) is 23.8 Å². The average molecular weight is 384 g/mol. The Hall–Kier alpha value is -2.70. The van der Waals surface area contributed by atoms with Gasteiger partial charge in [-0.3, -0.25) is 9.59 Å². The molecule has 0 spiro atoms. The molecule has 1 fully saturated rings. The van der Waals surface area contributed by atoms with Crippen molar-refractivity contribution in [3.05, 3.63) is 47.6 Å². The van der Waals surface area contributed by atoms with Crippen molar-refractivity contribution < 1.29 is 14.1 Å². The zero-order valence-electron chi connectivity index (χ0n) is 16.8. The van der Waals surface area contributed by atoms with Gasteiger partial charge in [0, 0.05) is 19.4 Å². The Morgan fingerprint density at radius 3 is 2.75 bits per heavy atom. The number of hydrogen-bond acceptors (Lipinski definition) is 5. The lowest BCUT2D eigenvalue weighted by molar-refractivity contribution is -0.129. The zero-order chi connectivity index (χ0) is 20.1. The Kier molecular flexibility index (Phi) is 6.11. The van der Waals surface area contributed by atoms with Gasteiger partial charge in [-0.15, -0.1) is 0 Å². The number of benzene rings is 1. The third kappa shape index (κ3) is 5.41. The third-order valence-corrected chi connectivity index (χ3v) is 4.72. The van der Waals surface area contributed by atoms with E-state index in [0.29, 0.717) is 37.5 Å². The van der Waals surface area contributed by atoms with Crippen LogP contribution < -0.4 is 5.32 Å². The second-order valence-electron chi connectivity index (χ2n) is 8.44. The van der Waals surface area contributed by atoms with Gasteiger partial charge in [-0.1, -0.05) is 56.3 Å². The number of amides is 2. The molecule has 1 atom stereocenters. The Morgan fingerprint density at radius 2 is 2.04 bits per heavy atom. The summed E-state index contributed by atoms with van der Waals surface area (Å²) in [5.74, 6) is 0.942. The monoisotopic (exact) mass is 384 g/mol. The molecule has 0 unspecified atom stereocenters. The van der Waals surface area contributed by atoms with Crippen molar-refractivity contribution in [2.75, 3.05) is 6.54 Å². The highest BCUT2D eigenvalue weighted by Crippen LogP contribution is 2.31. The SMILES string of the molecule is CC(C)(C)CC(=O)NCc1noc([C@@H]2CCC(=O)N2CCc2ccccc2)n1. The fraction of sp³-hybridized carbons (Fsp3) is 0.524. The lowest BCUT2D eigenvalue weighted by Gasteiger charge is -2.22. The first kappa shape index (κ1) is 20.0. The highest BCUT2D eigenvalue weighted by atomic mass is 16.5. The van der Waals surface area contributed by atoms with Gasteiger partial charge in [0.25, 0.3) is 0 Å². The summed E-state index contributed by atoms with van der Waals surface area (Å²) in [5, 5.41) is 6.79. The third-order valence-electron chi connectivity index (χ3n) is 4.72. The molecule has 1 saturated heterocycles. The molecule has 1 aromatic carbocycles. The summed E-state index contributed by atoms with van der Waals surface area (Å²) in [6, 6.07) is 9.89. The number of nitrogens with one attached hydrogen (secondary N) is 1. The van der Waals surface area contributed by atoms with Crippen LogP contribution in [-0.4, -0.2) is 33.4 Å². The van der Waals surface area contributed by atoms with Gasteiger partial charge in [0.15, 0.2) is 5.82 Å². The van der Waals surface area contributed by atoms with Crippen LogP contribution in [0.3, 0.4) is 0 Å². The van der Waals surface area contributed by atoms with Gasteiger partial charge in [0.05, 0.1) is 6.54 Å². The Bertz CT molecular complexity index is 811. The minimum Gasteiger partial charge on any atom is -0.349 e. The van der Waals surface area contributed by atoms with Crippen molar-refractivity contribution in [3.8, 4) is 0 Å². The van der Waals surface area contributed by atoms with Crippen LogP contribution in [0.5, 0.6) is 0 Å². The predicted octanol–water partition coefficient (Wildman–Crippen LogP) is 3.03. The van der Waals surface area contributed by atoms with Crippen molar-refractivity contribution >= 4 is 11.8 Å². The normalized spacial score (nSPS) is 17.2. The zero-order valence-corrected chi connectivity index (χ0v) is 16.8. The van der Waals surface area contributed by atoms with Crippen molar-refractivity contribution in [2.45, 2.75) is 59.0 Å². The molecule has 0 bridgehead atoms. The maximum Gasteiger partial charge on any atom is 0.249 e. The first-order valence-electron chi connectivity index (χ1n) is 9.74. The number of carbonyl (C=O) groups excluding carboxylic acids is 2. The number of aromatic nitrogens is 2. The van der Waals surface area contributed by atoms with Crippen LogP contribution >= 0.6 is 0 Å². The molecule has 1 aromatic heterocycles. The van der Waals surface area contributed by atoms with E-state index < -0.39 is 0 Å². The fourth-order valence-corrected chi connectivity index (χ4v) is 3.36. The molecular formula is C21H28N4O3. The first-order valence-corrected chi connectivity index (χ1v) is 9.74. The molecule has 0 saturated carbocycles. The molecule has 7 nitrogen and oxygen atoms in total. The molecular weight excluding hydrogens is 356 g/mol. The summed E-state index contributed by atoms with van der Waals surface area (Å²) in [5.41, 5.74) is 1.12. The molecule has 0 aliphatic carbocycles. The Labute approximate surface area is 165 Å². The molecule has 1 aliphatic heterocycles. The van der Waals surface area contributed by atoms with Crippen LogP contribution in [0.15, 0.2) is 34.9 Å². The van der Waals surface area contributed by atoms with E-state index in [1.807, 2.05) is 43.9 Å². The van der Waals surface area contributed by atoms with Gasteiger partial charge >= 0.3 is 0 Å². The van der Waals surface area contributed by atoms with Gasteiger partial charge in [0.1, 0.15) is 6.04 Å². The summed E-state index contributed by atoms with van der Waals surface area (Å²) >= 11 is 0. The van der Waals surface area contributed by atoms with E-state index in [9.17, 15) is 9.59 Å². The molecule has 7 heteroatoms. The Balaban J connectivity index is 1.58. The largest absolute Gasteiger partial charge is 0.349 e. The average Bonchev–Trinajstić information content (AvgIpc) is 3.24. The number of nitrogens with zero attached hydrogens (tertiary/aromatic N) is 3. The van der Waals surface area contributed by atoms with E-state index in [0.717, 1.165) is 6.42 Å². The van der Waals surface area contributed by atoms with Crippen molar-refractivity contribution in [3.63, 3.8) is 0 Å². The van der Waals surface area contributed by atoms with E-state index in [2.05, 4.69) is 27.6 Å². The molecule has 1 N–H and O–H groups in total. The maximum absolute atomic E-state index is 12.3. The van der Waals surface area contributed by atoms with E-state index >= 15 is 0 Å². The lowest BCUT2D eigenvalue weighted by Crippen LogP contribution is -2.30. The van der Waals surface area contributed by atoms with E-state index in [1.165, 1.54) is 5.56 Å². The lowest BCUT2D eigenvalue weighted by atomic mass is 9.92. The van der Waals surface area contributed by atoms with Crippen LogP contribution in [-0.2, 0) is 22.6 Å². The molecule has 3 rings (SSSR count). The Morgan fingerprint density at radius 1 is 1.29 bits per heavy atom. The minimum atomic E-state index is -0.192. The summed E-state index contributed by atoms with van der Waals surface area (Å²) in [7, 11) is 0. The van der Waals surface area contributed by atoms with Gasteiger partial charge in [-0.25, -0.2) is 0 Å². The van der Waals surface area contributed by atoms with Gasteiger partial charge in [-0.2, -0.15) is 4.98 Å². The maximum atomic E-state index is 12.3. The van der Waals surface area contributed by atoms with Crippen LogP contribution in [0.4, 0.5) is 0 Å². The minimum absolute atomic E-state index is 0.0422. The van der Waals surface area contributed by atoms with E-state index in [1.54, 1.807) is 0 Å². The number of hydrogen-bond donors (Lipinski definition) is 1. The van der Waals surface area contributed by atoms with Gasteiger partial charge < -0.3 is 14.7 Å². The topological polar surface area (TPSA) is 88.3 Å². The van der Waals surface area contributed by atoms with Crippen molar-refractivity contribution in [1.29, 1.82) is 0 Å². The predicted molar refractivity (Wildman–Crippen MR) is 104 cm³/mol. The number of carbonyl (C=O) groups is 2. The standard InChI is InChI=1S/C21H28N4O3/c1-21(2,3)13-18(26)22-14-17-23-20(28-24-17)16-9-10-19(27)25(16)12-11-15-7-5-4-6-8-15/h4-8,16H,9-14H2,1-3H3,(H,22,26)/t16-/m0/s1. The number of rotatable bonds is 7. The molecule has 28 heavy (non-hydrogen) atoms. The van der Waals surface area contributed by atoms with Crippen LogP contribution in [0.2, 0.25) is 0 Å². The van der Waals surface area contributed by atoms with Crippen LogP contribution in [0.25, 0.3) is 0 Å². The second-order valence-corrected chi connectivity index (χ2v) is 8.44.